The topological polar surface area (TPSA) is 72.1 Å². The molecule has 2 aliphatic heterocycles. The molecule has 1 aliphatic carbocycles. The highest BCUT2D eigenvalue weighted by Crippen LogP contribution is 2.44. The second-order valence-corrected chi connectivity index (χ2v) is 7.62. The van der Waals surface area contributed by atoms with Crippen molar-refractivity contribution in [2.75, 3.05) is 0 Å². The molecule has 25 heavy (non-hydrogen) atoms. The lowest BCUT2D eigenvalue weighted by molar-refractivity contribution is -0.143. The highest BCUT2D eigenvalue weighted by Gasteiger charge is 2.47. The van der Waals surface area contributed by atoms with E-state index in [1.807, 2.05) is 12.1 Å². The van der Waals surface area contributed by atoms with Crippen molar-refractivity contribution < 1.29 is 9.32 Å². The molecule has 2 aromatic rings. The van der Waals surface area contributed by atoms with E-state index < -0.39 is 0 Å². The molecule has 2 aromatic heterocycles. The van der Waals surface area contributed by atoms with Gasteiger partial charge in [-0.15, -0.1) is 0 Å². The first-order chi connectivity index (χ1) is 12.3. The summed E-state index contributed by atoms with van der Waals surface area (Å²) in [5.74, 6) is 2.31. The van der Waals surface area contributed by atoms with Gasteiger partial charge >= 0.3 is 0 Å². The minimum atomic E-state index is 0.269. The Morgan fingerprint density at radius 2 is 1.80 bits per heavy atom. The summed E-state index contributed by atoms with van der Waals surface area (Å²) in [6, 6.07) is 4.48. The second kappa shape index (κ2) is 5.93. The van der Waals surface area contributed by atoms with Crippen LogP contribution in [0.5, 0.6) is 0 Å². The number of aromatic nitrogens is 3. The molecule has 0 radical (unpaired) electrons. The first kappa shape index (κ1) is 15.0. The molecule has 3 aliphatic rings. The van der Waals surface area contributed by atoms with Gasteiger partial charge in [-0.1, -0.05) is 11.6 Å². The van der Waals surface area contributed by atoms with E-state index in [0.717, 1.165) is 50.0 Å². The van der Waals surface area contributed by atoms with Gasteiger partial charge < -0.3 is 9.42 Å². The fourth-order valence-corrected chi connectivity index (χ4v) is 4.62. The van der Waals surface area contributed by atoms with Crippen LogP contribution < -0.4 is 0 Å². The molecule has 6 nitrogen and oxygen atoms in total. The average Bonchev–Trinajstić information content (AvgIpc) is 3.17. The molecule has 3 atom stereocenters. The zero-order valence-corrected chi connectivity index (χ0v) is 14.2. The summed E-state index contributed by atoms with van der Waals surface area (Å²) in [7, 11) is 0. The Morgan fingerprint density at radius 1 is 1.08 bits per heavy atom. The number of piperidine rings is 1. The number of carbonyl (C=O) groups is 1. The van der Waals surface area contributed by atoms with Gasteiger partial charge in [-0.3, -0.25) is 9.78 Å². The standard InChI is InChI=1S/C19H22N4O2/c24-19(13-2-1-3-13)23-15-4-5-16(23)11-14(10-15)18-21-17(22-25-18)12-6-8-20-9-7-12/h6-9,13-16H,1-5,10-11H2/t14?,15-,16+. The highest BCUT2D eigenvalue weighted by molar-refractivity contribution is 5.80. The molecule has 2 bridgehead atoms. The second-order valence-electron chi connectivity index (χ2n) is 7.62. The third kappa shape index (κ3) is 2.55. The lowest BCUT2D eigenvalue weighted by atomic mass is 9.82. The van der Waals surface area contributed by atoms with Gasteiger partial charge in [-0.2, -0.15) is 4.98 Å². The summed E-state index contributed by atoms with van der Waals surface area (Å²) in [5, 5.41) is 4.14. The summed E-state index contributed by atoms with van der Waals surface area (Å²) >= 11 is 0. The molecule has 130 valence electrons. The van der Waals surface area contributed by atoms with E-state index >= 15 is 0 Å². The van der Waals surface area contributed by atoms with Crippen molar-refractivity contribution >= 4 is 5.91 Å². The van der Waals surface area contributed by atoms with E-state index in [4.69, 9.17) is 4.52 Å². The monoisotopic (exact) mass is 338 g/mol. The van der Waals surface area contributed by atoms with E-state index in [1.165, 1.54) is 6.42 Å². The van der Waals surface area contributed by atoms with Crippen molar-refractivity contribution in [1.82, 2.24) is 20.0 Å². The van der Waals surface area contributed by atoms with E-state index in [0.29, 0.717) is 29.7 Å². The van der Waals surface area contributed by atoms with Gasteiger partial charge in [0.05, 0.1) is 0 Å². The minimum Gasteiger partial charge on any atom is -0.339 e. The molecule has 5 rings (SSSR count). The van der Waals surface area contributed by atoms with Crippen LogP contribution in [0, 0.1) is 5.92 Å². The Kier molecular flexibility index (Phi) is 3.57. The number of carbonyl (C=O) groups excluding carboxylic acids is 1. The maximum Gasteiger partial charge on any atom is 0.230 e. The molecule has 1 amide bonds. The Hall–Kier alpha value is -2.24. The fraction of sp³-hybridized carbons (Fsp3) is 0.579. The van der Waals surface area contributed by atoms with Crippen LogP contribution >= 0.6 is 0 Å². The normalized spacial score (nSPS) is 28.8. The average molecular weight is 338 g/mol. The number of amides is 1. The van der Waals surface area contributed by atoms with Crippen LogP contribution in [0.2, 0.25) is 0 Å². The first-order valence-electron chi connectivity index (χ1n) is 9.36. The molecule has 0 aromatic carbocycles. The quantitative estimate of drug-likeness (QED) is 0.859. The number of pyridine rings is 1. The Balaban J connectivity index is 1.33. The van der Waals surface area contributed by atoms with Gasteiger partial charge in [0.25, 0.3) is 0 Å². The highest BCUT2D eigenvalue weighted by atomic mass is 16.5. The summed E-state index contributed by atoms with van der Waals surface area (Å²) in [6.07, 6.45) is 11.0. The Morgan fingerprint density at radius 3 is 2.44 bits per heavy atom. The maximum absolute atomic E-state index is 12.7. The van der Waals surface area contributed by atoms with Crippen LogP contribution in [-0.2, 0) is 4.79 Å². The van der Waals surface area contributed by atoms with Crippen molar-refractivity contribution in [2.45, 2.75) is 62.9 Å². The SMILES string of the molecule is O=C(C1CCC1)N1[C@@H]2CC[C@H]1CC(c1nc(-c3ccncc3)no1)C2. The van der Waals surface area contributed by atoms with Crippen LogP contribution in [-0.4, -0.2) is 38.0 Å². The zero-order chi connectivity index (χ0) is 16.8. The third-order valence-electron chi connectivity index (χ3n) is 6.17. The van der Waals surface area contributed by atoms with Gasteiger partial charge in [0.2, 0.25) is 17.6 Å². The summed E-state index contributed by atoms with van der Waals surface area (Å²) in [4.78, 5) is 23.6. The Labute approximate surface area is 146 Å². The van der Waals surface area contributed by atoms with Crippen molar-refractivity contribution in [3.63, 3.8) is 0 Å². The van der Waals surface area contributed by atoms with E-state index in [-0.39, 0.29) is 5.92 Å². The van der Waals surface area contributed by atoms with Crippen LogP contribution in [0.3, 0.4) is 0 Å². The molecule has 2 saturated heterocycles. The third-order valence-corrected chi connectivity index (χ3v) is 6.17. The van der Waals surface area contributed by atoms with Gasteiger partial charge in [0, 0.05) is 41.9 Å². The zero-order valence-electron chi connectivity index (χ0n) is 14.2. The van der Waals surface area contributed by atoms with Crippen molar-refractivity contribution in [3.8, 4) is 11.4 Å². The molecular weight excluding hydrogens is 316 g/mol. The fourth-order valence-electron chi connectivity index (χ4n) is 4.62. The summed E-state index contributed by atoms with van der Waals surface area (Å²) in [6.45, 7) is 0. The molecule has 0 N–H and O–H groups in total. The number of hydrogen-bond donors (Lipinski definition) is 0. The molecule has 1 unspecified atom stereocenters. The van der Waals surface area contributed by atoms with E-state index in [2.05, 4.69) is 20.0 Å². The number of nitrogens with zero attached hydrogens (tertiary/aromatic N) is 4. The predicted octanol–water partition coefficient (Wildman–Crippen LogP) is 3.17. The lowest BCUT2D eigenvalue weighted by Crippen LogP contribution is -2.49. The summed E-state index contributed by atoms with van der Waals surface area (Å²) < 4.78 is 5.57. The van der Waals surface area contributed by atoms with Crippen LogP contribution in [0.25, 0.3) is 11.4 Å². The molecule has 0 spiro atoms. The largest absolute Gasteiger partial charge is 0.339 e. The molecular formula is C19H22N4O2. The van der Waals surface area contributed by atoms with Gasteiger partial charge in [0.15, 0.2) is 0 Å². The van der Waals surface area contributed by atoms with Gasteiger partial charge in [-0.25, -0.2) is 0 Å². The van der Waals surface area contributed by atoms with Crippen molar-refractivity contribution in [2.24, 2.45) is 5.92 Å². The summed E-state index contributed by atoms with van der Waals surface area (Å²) in [5.41, 5.74) is 0.922. The van der Waals surface area contributed by atoms with Crippen molar-refractivity contribution in [3.05, 3.63) is 30.4 Å². The van der Waals surface area contributed by atoms with E-state index in [1.54, 1.807) is 12.4 Å². The maximum atomic E-state index is 12.7. The van der Waals surface area contributed by atoms with Crippen molar-refractivity contribution in [1.29, 1.82) is 0 Å². The van der Waals surface area contributed by atoms with Crippen LogP contribution in [0.1, 0.15) is 56.8 Å². The van der Waals surface area contributed by atoms with Crippen LogP contribution in [0.15, 0.2) is 29.0 Å². The number of fused-ring (bicyclic) bond motifs is 2. The molecule has 1 saturated carbocycles. The predicted molar refractivity (Wildman–Crippen MR) is 90.5 cm³/mol. The minimum absolute atomic E-state index is 0.269. The van der Waals surface area contributed by atoms with Gasteiger partial charge in [-0.05, 0) is 50.7 Å². The molecule has 6 heteroatoms. The molecule has 3 fully saturated rings. The number of rotatable bonds is 3. The lowest BCUT2D eigenvalue weighted by Gasteiger charge is -2.41. The van der Waals surface area contributed by atoms with Gasteiger partial charge in [0.1, 0.15) is 0 Å². The Bertz CT molecular complexity index is 757. The number of hydrogen-bond acceptors (Lipinski definition) is 5. The van der Waals surface area contributed by atoms with E-state index in [9.17, 15) is 4.79 Å². The molecule has 4 heterocycles. The smallest absolute Gasteiger partial charge is 0.230 e. The first-order valence-corrected chi connectivity index (χ1v) is 9.36. The van der Waals surface area contributed by atoms with Crippen LogP contribution in [0.4, 0.5) is 0 Å².